The molecule has 0 radical (unpaired) electrons. The molecule has 37 heavy (non-hydrogen) atoms. The first-order valence-electron chi connectivity index (χ1n) is 12.5. The second-order valence-corrected chi connectivity index (χ2v) is 8.72. The SMILES string of the molecule is C/C=C/NC1=C(C)C=CC=CC1.C=C/C(=C\C=C1/CCC(NC=O)(C(=O)O)C1)c1ccc(Cl)cc1.CC. The third-order valence-corrected chi connectivity index (χ3v) is 6.11. The molecule has 1 saturated carbocycles. The van der Waals surface area contributed by atoms with Crippen molar-refractivity contribution in [3.63, 3.8) is 0 Å². The van der Waals surface area contributed by atoms with E-state index in [1.54, 1.807) is 18.2 Å². The third-order valence-electron chi connectivity index (χ3n) is 5.86. The first-order chi connectivity index (χ1) is 17.8. The van der Waals surface area contributed by atoms with Gasteiger partial charge in [0, 0.05) is 23.6 Å². The number of carboxylic acids is 1. The van der Waals surface area contributed by atoms with Crippen LogP contribution in [0.15, 0.2) is 102 Å². The van der Waals surface area contributed by atoms with Crippen LogP contribution in [0.5, 0.6) is 0 Å². The third kappa shape index (κ3) is 10.1. The fraction of sp³-hybridized carbons (Fsp3) is 0.290. The van der Waals surface area contributed by atoms with E-state index < -0.39 is 11.5 Å². The Morgan fingerprint density at radius 3 is 2.49 bits per heavy atom. The molecule has 1 unspecified atom stereocenters. The van der Waals surface area contributed by atoms with E-state index in [4.69, 9.17) is 11.6 Å². The number of halogens is 1. The van der Waals surface area contributed by atoms with E-state index in [-0.39, 0.29) is 0 Å². The van der Waals surface area contributed by atoms with E-state index in [1.807, 2.05) is 57.3 Å². The van der Waals surface area contributed by atoms with Crippen LogP contribution in [0.2, 0.25) is 5.02 Å². The number of allylic oxidation sites excluding steroid dienone is 10. The number of hydrogen-bond acceptors (Lipinski definition) is 3. The van der Waals surface area contributed by atoms with Crippen molar-refractivity contribution in [2.75, 3.05) is 0 Å². The molecule has 1 atom stereocenters. The summed E-state index contributed by atoms with van der Waals surface area (Å²) in [5.41, 5.74) is 4.28. The average molecular weight is 523 g/mol. The molecule has 2 aliphatic rings. The van der Waals surface area contributed by atoms with Crippen LogP contribution in [-0.2, 0) is 9.59 Å². The number of aliphatic carboxylic acids is 1. The van der Waals surface area contributed by atoms with Crippen molar-refractivity contribution in [3.05, 3.63) is 113 Å². The number of carbonyl (C=O) groups excluding carboxylic acids is 1. The molecule has 0 spiro atoms. The van der Waals surface area contributed by atoms with Gasteiger partial charge in [0.1, 0.15) is 5.54 Å². The molecule has 0 aliphatic heterocycles. The summed E-state index contributed by atoms with van der Waals surface area (Å²) in [4.78, 5) is 22.1. The van der Waals surface area contributed by atoms with Gasteiger partial charge in [-0.25, -0.2) is 4.79 Å². The number of hydrogen-bond donors (Lipinski definition) is 3. The highest BCUT2D eigenvalue weighted by molar-refractivity contribution is 6.30. The standard InChI is InChI=1S/C18H18ClNO3.C11H15N.C2H6/c1-2-14(15-5-7-16(19)8-6-15)4-3-13-9-10-18(11-13,17(22)23)20-12-21;1-3-9-12-11-8-6-4-5-7-10(11)2;1-2/h2-8,12H,1,9-11H2,(H,20,21)(H,22,23);3-7,9,12H,8H2,1-2H3;1-2H3/b13-3+,14-4+;9-3+;. The zero-order valence-electron chi connectivity index (χ0n) is 22.3. The van der Waals surface area contributed by atoms with E-state index in [2.05, 4.69) is 48.4 Å². The molecule has 1 amide bonds. The normalized spacial score (nSPS) is 19.9. The van der Waals surface area contributed by atoms with E-state index in [1.165, 1.54) is 11.3 Å². The zero-order valence-corrected chi connectivity index (χ0v) is 23.0. The van der Waals surface area contributed by atoms with Gasteiger partial charge in [-0.3, -0.25) is 4.79 Å². The fourth-order valence-corrected chi connectivity index (χ4v) is 3.90. The van der Waals surface area contributed by atoms with Crippen molar-refractivity contribution in [2.24, 2.45) is 0 Å². The Morgan fingerprint density at radius 1 is 1.19 bits per heavy atom. The highest BCUT2D eigenvalue weighted by Crippen LogP contribution is 2.34. The molecule has 6 heteroatoms. The molecule has 0 saturated heterocycles. The number of amides is 1. The van der Waals surface area contributed by atoms with Gasteiger partial charge < -0.3 is 15.7 Å². The first kappa shape index (κ1) is 31.5. The first-order valence-corrected chi connectivity index (χ1v) is 12.9. The number of rotatable bonds is 8. The van der Waals surface area contributed by atoms with Crippen LogP contribution in [0, 0.1) is 0 Å². The van der Waals surface area contributed by atoms with Crippen molar-refractivity contribution < 1.29 is 14.7 Å². The van der Waals surface area contributed by atoms with E-state index in [0.717, 1.165) is 23.1 Å². The van der Waals surface area contributed by atoms with Crippen molar-refractivity contribution >= 4 is 29.6 Å². The summed E-state index contributed by atoms with van der Waals surface area (Å²) >= 11 is 5.88. The lowest BCUT2D eigenvalue weighted by Gasteiger charge is -2.22. The lowest BCUT2D eigenvalue weighted by Crippen LogP contribution is -2.49. The van der Waals surface area contributed by atoms with Crippen LogP contribution in [0.25, 0.3) is 5.57 Å². The smallest absolute Gasteiger partial charge is 0.329 e. The largest absolute Gasteiger partial charge is 0.479 e. The van der Waals surface area contributed by atoms with Gasteiger partial charge in [-0.15, -0.1) is 0 Å². The molecule has 1 aromatic rings. The summed E-state index contributed by atoms with van der Waals surface area (Å²) in [5.74, 6) is -1.00. The van der Waals surface area contributed by atoms with Gasteiger partial charge in [-0.05, 0) is 61.7 Å². The predicted octanol–water partition coefficient (Wildman–Crippen LogP) is 7.52. The molecule has 3 N–H and O–H groups in total. The maximum Gasteiger partial charge on any atom is 0.329 e. The minimum Gasteiger partial charge on any atom is -0.479 e. The van der Waals surface area contributed by atoms with Crippen LogP contribution in [0.4, 0.5) is 0 Å². The Balaban J connectivity index is 0.000000411. The second kappa shape index (κ2) is 17.0. The quantitative estimate of drug-likeness (QED) is 0.244. The molecule has 1 fully saturated rings. The van der Waals surface area contributed by atoms with Gasteiger partial charge in [0.05, 0.1) is 0 Å². The molecule has 198 valence electrons. The summed E-state index contributed by atoms with van der Waals surface area (Å²) in [6.45, 7) is 11.9. The molecule has 1 aromatic carbocycles. The van der Waals surface area contributed by atoms with Crippen LogP contribution in [-0.4, -0.2) is 23.0 Å². The summed E-state index contributed by atoms with van der Waals surface area (Å²) < 4.78 is 0. The zero-order chi connectivity index (χ0) is 27.7. The molecular formula is C31H39ClN2O3. The van der Waals surface area contributed by atoms with Crippen LogP contribution >= 0.6 is 11.6 Å². The maximum atomic E-state index is 11.4. The van der Waals surface area contributed by atoms with Gasteiger partial charge in [0.25, 0.3) is 0 Å². The Bertz CT molecular complexity index is 1090. The summed E-state index contributed by atoms with van der Waals surface area (Å²) in [6, 6.07) is 7.41. The molecule has 0 heterocycles. The average Bonchev–Trinajstić information content (AvgIpc) is 3.21. The van der Waals surface area contributed by atoms with Crippen molar-refractivity contribution in [1.29, 1.82) is 0 Å². The van der Waals surface area contributed by atoms with Crippen molar-refractivity contribution in [1.82, 2.24) is 10.6 Å². The Kier molecular flexibility index (Phi) is 14.4. The highest BCUT2D eigenvalue weighted by atomic mass is 35.5. The Labute approximate surface area is 226 Å². The van der Waals surface area contributed by atoms with E-state index in [0.29, 0.717) is 30.7 Å². The number of carboxylic acid groups (broad SMARTS) is 1. The predicted molar refractivity (Wildman–Crippen MR) is 156 cm³/mol. The Hall–Kier alpha value is -3.57. The van der Waals surface area contributed by atoms with Crippen molar-refractivity contribution in [3.8, 4) is 0 Å². The number of nitrogens with one attached hydrogen (secondary N) is 2. The molecule has 5 nitrogen and oxygen atoms in total. The molecule has 0 bridgehead atoms. The summed E-state index contributed by atoms with van der Waals surface area (Å²) in [5, 5.41) is 15.7. The topological polar surface area (TPSA) is 78.4 Å². The lowest BCUT2D eigenvalue weighted by atomic mass is 9.97. The minimum atomic E-state index is -1.18. The summed E-state index contributed by atoms with van der Waals surface area (Å²) in [7, 11) is 0. The molecule has 3 rings (SSSR count). The van der Waals surface area contributed by atoms with Gasteiger partial charge in [-0.1, -0.05) is 98.3 Å². The van der Waals surface area contributed by atoms with E-state index >= 15 is 0 Å². The number of benzene rings is 1. The maximum absolute atomic E-state index is 11.4. The van der Waals surface area contributed by atoms with Gasteiger partial charge in [0.2, 0.25) is 6.41 Å². The fourth-order valence-electron chi connectivity index (χ4n) is 3.78. The Morgan fingerprint density at radius 2 is 1.89 bits per heavy atom. The van der Waals surface area contributed by atoms with Crippen LogP contribution in [0.1, 0.15) is 58.9 Å². The number of carbonyl (C=O) groups is 2. The van der Waals surface area contributed by atoms with Gasteiger partial charge >= 0.3 is 5.97 Å². The minimum absolute atomic E-state index is 0.308. The van der Waals surface area contributed by atoms with Gasteiger partial charge in [-0.2, -0.15) is 0 Å². The van der Waals surface area contributed by atoms with Crippen molar-refractivity contribution in [2.45, 2.75) is 58.9 Å². The summed E-state index contributed by atoms with van der Waals surface area (Å²) in [6.07, 6.45) is 20.7. The molecule has 0 aromatic heterocycles. The lowest BCUT2D eigenvalue weighted by molar-refractivity contribution is -0.145. The van der Waals surface area contributed by atoms with Crippen LogP contribution < -0.4 is 10.6 Å². The van der Waals surface area contributed by atoms with E-state index in [9.17, 15) is 14.7 Å². The molecule has 2 aliphatic carbocycles. The van der Waals surface area contributed by atoms with Crippen LogP contribution in [0.3, 0.4) is 0 Å². The highest BCUT2D eigenvalue weighted by Gasteiger charge is 2.42. The monoisotopic (exact) mass is 522 g/mol. The molecular weight excluding hydrogens is 484 g/mol. The van der Waals surface area contributed by atoms with Gasteiger partial charge in [0.15, 0.2) is 0 Å². The second-order valence-electron chi connectivity index (χ2n) is 8.28.